The Morgan fingerprint density at radius 2 is 1.76 bits per heavy atom. The van der Waals surface area contributed by atoms with Crippen LogP contribution in [0.5, 0.6) is 11.5 Å². The topological polar surface area (TPSA) is 29.5 Å². The number of phenolic OH excluding ortho intramolecular Hbond substituents is 1. The van der Waals surface area contributed by atoms with E-state index in [0.717, 1.165) is 0 Å². The van der Waals surface area contributed by atoms with Gasteiger partial charge in [-0.05, 0) is 36.4 Å². The summed E-state index contributed by atoms with van der Waals surface area (Å²) < 4.78 is 5.13. The number of aromatic hydroxyl groups is 1. The first kappa shape index (κ1) is 12.1. The lowest BCUT2D eigenvalue weighted by Crippen LogP contribution is -1.86. The summed E-state index contributed by atoms with van der Waals surface area (Å²) in [4.78, 5) is 0. The van der Waals surface area contributed by atoms with Crippen molar-refractivity contribution in [3.63, 3.8) is 0 Å². The van der Waals surface area contributed by atoms with Crippen molar-refractivity contribution >= 4 is 23.2 Å². The molecule has 0 spiro atoms. The van der Waals surface area contributed by atoms with Gasteiger partial charge in [0.05, 0.1) is 7.11 Å². The van der Waals surface area contributed by atoms with Crippen molar-refractivity contribution in [1.82, 2.24) is 0 Å². The van der Waals surface area contributed by atoms with Crippen LogP contribution in [-0.2, 0) is 0 Å². The number of phenols is 1. The summed E-state index contributed by atoms with van der Waals surface area (Å²) in [5.41, 5.74) is 1.33. The summed E-state index contributed by atoms with van der Waals surface area (Å²) >= 11 is 11.9. The summed E-state index contributed by atoms with van der Waals surface area (Å²) in [5.74, 6) is 0.770. The molecule has 0 aliphatic heterocycles. The smallest absolute Gasteiger partial charge is 0.124 e. The monoisotopic (exact) mass is 268 g/mol. The minimum atomic E-state index is 0.0904. The molecule has 0 aliphatic rings. The third-order valence-electron chi connectivity index (χ3n) is 2.42. The molecule has 0 radical (unpaired) electrons. The summed E-state index contributed by atoms with van der Waals surface area (Å²) in [5, 5.41) is 10.9. The zero-order valence-electron chi connectivity index (χ0n) is 9.08. The molecule has 0 aromatic heterocycles. The van der Waals surface area contributed by atoms with Gasteiger partial charge in [0.1, 0.15) is 11.5 Å². The van der Waals surface area contributed by atoms with Crippen molar-refractivity contribution in [2.75, 3.05) is 7.11 Å². The molecule has 1 N–H and O–H groups in total. The maximum atomic E-state index is 9.85. The van der Waals surface area contributed by atoms with E-state index in [-0.39, 0.29) is 5.75 Å². The lowest BCUT2D eigenvalue weighted by Gasteiger charge is -2.09. The van der Waals surface area contributed by atoms with E-state index in [1.54, 1.807) is 37.4 Å². The van der Waals surface area contributed by atoms with Gasteiger partial charge < -0.3 is 9.84 Å². The van der Waals surface area contributed by atoms with E-state index in [9.17, 15) is 5.11 Å². The number of hydrogen-bond acceptors (Lipinski definition) is 2. The van der Waals surface area contributed by atoms with Crippen molar-refractivity contribution < 1.29 is 9.84 Å². The minimum Gasteiger partial charge on any atom is -0.507 e. The highest BCUT2D eigenvalue weighted by atomic mass is 35.5. The summed E-state index contributed by atoms with van der Waals surface area (Å²) in [6.45, 7) is 0. The minimum absolute atomic E-state index is 0.0904. The Morgan fingerprint density at radius 1 is 1.00 bits per heavy atom. The number of methoxy groups -OCH3 is 1. The molecule has 0 saturated carbocycles. The van der Waals surface area contributed by atoms with Crippen molar-refractivity contribution in [3.05, 3.63) is 46.4 Å². The maximum absolute atomic E-state index is 9.85. The fourth-order valence-electron chi connectivity index (χ4n) is 1.57. The number of halogens is 2. The molecular weight excluding hydrogens is 259 g/mol. The molecule has 0 fully saturated rings. The van der Waals surface area contributed by atoms with E-state index in [4.69, 9.17) is 27.9 Å². The molecule has 2 nitrogen and oxygen atoms in total. The van der Waals surface area contributed by atoms with Gasteiger partial charge in [-0.2, -0.15) is 0 Å². The van der Waals surface area contributed by atoms with E-state index in [1.807, 2.05) is 0 Å². The van der Waals surface area contributed by atoms with E-state index in [1.165, 1.54) is 6.07 Å². The van der Waals surface area contributed by atoms with Crippen molar-refractivity contribution in [3.8, 4) is 22.6 Å². The molecule has 0 heterocycles. The van der Waals surface area contributed by atoms with Gasteiger partial charge in [0.15, 0.2) is 0 Å². The van der Waals surface area contributed by atoms with Crippen molar-refractivity contribution in [2.24, 2.45) is 0 Å². The quantitative estimate of drug-likeness (QED) is 0.876. The zero-order chi connectivity index (χ0) is 12.4. The van der Waals surface area contributed by atoms with Gasteiger partial charge in [-0.15, -0.1) is 0 Å². The summed E-state index contributed by atoms with van der Waals surface area (Å²) in [6.07, 6.45) is 0. The maximum Gasteiger partial charge on any atom is 0.124 e. The molecule has 0 bridgehead atoms. The van der Waals surface area contributed by atoms with Crippen LogP contribution in [0.3, 0.4) is 0 Å². The molecule has 17 heavy (non-hydrogen) atoms. The Balaban J connectivity index is 2.59. The zero-order valence-corrected chi connectivity index (χ0v) is 10.6. The van der Waals surface area contributed by atoms with E-state index in [2.05, 4.69) is 0 Å². The summed E-state index contributed by atoms with van der Waals surface area (Å²) in [6, 6.07) is 10.2. The number of rotatable bonds is 2. The lowest BCUT2D eigenvalue weighted by molar-refractivity contribution is 0.415. The van der Waals surface area contributed by atoms with Crippen LogP contribution < -0.4 is 4.74 Å². The molecule has 4 heteroatoms. The molecule has 2 rings (SSSR count). The van der Waals surface area contributed by atoms with Crippen LogP contribution in [0.25, 0.3) is 11.1 Å². The highest BCUT2D eigenvalue weighted by Gasteiger charge is 2.10. The van der Waals surface area contributed by atoms with Crippen LogP contribution in [0.2, 0.25) is 10.0 Å². The van der Waals surface area contributed by atoms with Gasteiger partial charge in [0, 0.05) is 21.2 Å². The third kappa shape index (κ3) is 2.48. The van der Waals surface area contributed by atoms with Crippen LogP contribution in [0.4, 0.5) is 0 Å². The van der Waals surface area contributed by atoms with Crippen LogP contribution in [0, 0.1) is 0 Å². The third-order valence-corrected chi connectivity index (χ3v) is 2.99. The van der Waals surface area contributed by atoms with E-state index >= 15 is 0 Å². The van der Waals surface area contributed by atoms with Gasteiger partial charge in [0.2, 0.25) is 0 Å². The van der Waals surface area contributed by atoms with Gasteiger partial charge in [-0.1, -0.05) is 23.2 Å². The number of benzene rings is 2. The molecule has 2 aromatic rings. The Morgan fingerprint density at radius 3 is 2.41 bits per heavy atom. The number of hydrogen-bond donors (Lipinski definition) is 1. The molecule has 88 valence electrons. The SMILES string of the molecule is COc1ccc(Cl)c(-c2ccc(Cl)cc2O)c1. The normalized spacial score (nSPS) is 10.3. The first-order valence-electron chi connectivity index (χ1n) is 4.94. The number of ether oxygens (including phenoxy) is 1. The van der Waals surface area contributed by atoms with Gasteiger partial charge >= 0.3 is 0 Å². The average molecular weight is 269 g/mol. The molecule has 0 amide bonds. The standard InChI is InChI=1S/C13H10Cl2O2/c1-17-9-3-5-12(15)11(7-9)10-4-2-8(14)6-13(10)16/h2-7,16H,1H3. The highest BCUT2D eigenvalue weighted by molar-refractivity contribution is 6.33. The van der Waals surface area contributed by atoms with Crippen LogP contribution in [0.15, 0.2) is 36.4 Å². The predicted molar refractivity (Wildman–Crippen MR) is 70.1 cm³/mol. The first-order chi connectivity index (χ1) is 8.11. The Bertz CT molecular complexity index is 553. The fourth-order valence-corrected chi connectivity index (χ4v) is 1.96. The lowest BCUT2D eigenvalue weighted by atomic mass is 10.0. The average Bonchev–Trinajstić information content (AvgIpc) is 2.30. The highest BCUT2D eigenvalue weighted by Crippen LogP contribution is 2.37. The van der Waals surface area contributed by atoms with Gasteiger partial charge in [-0.3, -0.25) is 0 Å². The van der Waals surface area contributed by atoms with Crippen LogP contribution >= 0.6 is 23.2 Å². The summed E-state index contributed by atoms with van der Waals surface area (Å²) in [7, 11) is 1.58. The molecule has 0 atom stereocenters. The first-order valence-corrected chi connectivity index (χ1v) is 5.70. The predicted octanol–water partition coefficient (Wildman–Crippen LogP) is 4.37. The van der Waals surface area contributed by atoms with Gasteiger partial charge in [0.25, 0.3) is 0 Å². The fraction of sp³-hybridized carbons (Fsp3) is 0.0769. The second kappa shape index (κ2) is 4.86. The molecule has 0 aliphatic carbocycles. The molecule has 0 unspecified atom stereocenters. The Hall–Kier alpha value is -1.38. The van der Waals surface area contributed by atoms with Gasteiger partial charge in [-0.25, -0.2) is 0 Å². The van der Waals surface area contributed by atoms with E-state index in [0.29, 0.717) is 26.9 Å². The van der Waals surface area contributed by atoms with E-state index < -0.39 is 0 Å². The molecular formula is C13H10Cl2O2. The Kier molecular flexibility index (Phi) is 3.46. The molecule has 2 aromatic carbocycles. The van der Waals surface area contributed by atoms with Crippen LogP contribution in [0.1, 0.15) is 0 Å². The second-order valence-electron chi connectivity index (χ2n) is 3.51. The van der Waals surface area contributed by atoms with Crippen molar-refractivity contribution in [1.29, 1.82) is 0 Å². The largest absolute Gasteiger partial charge is 0.507 e. The van der Waals surface area contributed by atoms with Crippen LogP contribution in [-0.4, -0.2) is 12.2 Å². The Labute approximate surface area is 109 Å². The second-order valence-corrected chi connectivity index (χ2v) is 4.35. The van der Waals surface area contributed by atoms with Crippen molar-refractivity contribution in [2.45, 2.75) is 0 Å². The molecule has 0 saturated heterocycles.